The summed E-state index contributed by atoms with van der Waals surface area (Å²) in [6, 6.07) is 17.1. The number of halogens is 1. The molecule has 24 heavy (non-hydrogen) atoms. The van der Waals surface area contributed by atoms with E-state index in [1.165, 1.54) is 11.3 Å². The van der Waals surface area contributed by atoms with Crippen LogP contribution in [0.25, 0.3) is 0 Å². The molecule has 2 aromatic carbocycles. The number of thiazole rings is 1. The van der Waals surface area contributed by atoms with E-state index in [0.717, 1.165) is 26.6 Å². The molecule has 0 fully saturated rings. The summed E-state index contributed by atoms with van der Waals surface area (Å²) in [6.45, 7) is 0.374. The van der Waals surface area contributed by atoms with Gasteiger partial charge in [-0.05, 0) is 40.2 Å². The molecule has 0 aliphatic rings. The van der Waals surface area contributed by atoms with Crippen molar-refractivity contribution >= 4 is 38.9 Å². The van der Waals surface area contributed by atoms with Gasteiger partial charge in [0.25, 0.3) is 0 Å². The Bertz CT molecular complexity index is 821. The number of amides is 1. The molecule has 4 nitrogen and oxygen atoms in total. The van der Waals surface area contributed by atoms with Crippen LogP contribution in [0.5, 0.6) is 5.75 Å². The van der Waals surface area contributed by atoms with Crippen LogP contribution in [-0.4, -0.2) is 10.9 Å². The Morgan fingerprint density at radius 3 is 2.67 bits per heavy atom. The van der Waals surface area contributed by atoms with Gasteiger partial charge in [-0.3, -0.25) is 4.79 Å². The SMILES string of the molecule is O=C(Cc1nc(COc2ccccc2Br)cs1)Nc1ccccc1. The number of carbonyl (C=O) groups excluding carboxylic acids is 1. The summed E-state index contributed by atoms with van der Waals surface area (Å²) in [5.41, 5.74) is 1.61. The van der Waals surface area contributed by atoms with E-state index in [-0.39, 0.29) is 12.3 Å². The van der Waals surface area contributed by atoms with Crippen molar-refractivity contribution in [1.29, 1.82) is 0 Å². The lowest BCUT2D eigenvalue weighted by molar-refractivity contribution is -0.115. The second kappa shape index (κ2) is 8.08. The number of nitrogens with zero attached hydrogens (tertiary/aromatic N) is 1. The summed E-state index contributed by atoms with van der Waals surface area (Å²) in [6.07, 6.45) is 0.259. The van der Waals surface area contributed by atoms with Gasteiger partial charge in [0.15, 0.2) is 0 Å². The maximum absolute atomic E-state index is 12.0. The fraction of sp³-hybridized carbons (Fsp3) is 0.111. The van der Waals surface area contributed by atoms with Gasteiger partial charge in [-0.25, -0.2) is 4.98 Å². The highest BCUT2D eigenvalue weighted by Gasteiger charge is 2.09. The molecule has 3 rings (SSSR count). The van der Waals surface area contributed by atoms with Gasteiger partial charge in [0.1, 0.15) is 17.4 Å². The zero-order valence-electron chi connectivity index (χ0n) is 12.7. The largest absolute Gasteiger partial charge is 0.486 e. The molecule has 6 heteroatoms. The highest BCUT2D eigenvalue weighted by molar-refractivity contribution is 9.10. The lowest BCUT2D eigenvalue weighted by Gasteiger charge is -2.05. The Hall–Kier alpha value is -2.18. The molecule has 0 radical (unpaired) electrons. The number of ether oxygens (including phenoxy) is 1. The number of anilines is 1. The molecule has 0 spiro atoms. The predicted octanol–water partition coefficient (Wildman–Crippen LogP) is 4.67. The molecule has 0 aliphatic carbocycles. The van der Waals surface area contributed by atoms with Crippen molar-refractivity contribution < 1.29 is 9.53 Å². The Kier molecular flexibility index (Phi) is 5.61. The van der Waals surface area contributed by atoms with Crippen LogP contribution in [0.1, 0.15) is 10.7 Å². The number of benzene rings is 2. The summed E-state index contributed by atoms with van der Waals surface area (Å²) in [7, 11) is 0. The van der Waals surface area contributed by atoms with Crippen molar-refractivity contribution in [2.45, 2.75) is 13.0 Å². The van der Waals surface area contributed by atoms with E-state index >= 15 is 0 Å². The first kappa shape index (κ1) is 16.7. The normalized spacial score (nSPS) is 10.4. The summed E-state index contributed by atoms with van der Waals surface area (Å²) < 4.78 is 6.64. The summed E-state index contributed by atoms with van der Waals surface area (Å²) in [4.78, 5) is 16.5. The molecular formula is C18H15BrN2O2S. The number of hydrogen-bond acceptors (Lipinski definition) is 4. The van der Waals surface area contributed by atoms with Crippen LogP contribution >= 0.6 is 27.3 Å². The molecule has 1 heterocycles. The fourth-order valence-corrected chi connectivity index (χ4v) is 3.25. The zero-order valence-corrected chi connectivity index (χ0v) is 15.1. The Balaban J connectivity index is 1.54. The Morgan fingerprint density at radius 1 is 1.12 bits per heavy atom. The standard InChI is InChI=1S/C18H15BrN2O2S/c19-15-8-4-5-9-16(15)23-11-14-12-24-18(21-14)10-17(22)20-13-6-2-1-3-7-13/h1-9,12H,10-11H2,(H,20,22). The second-order valence-electron chi connectivity index (χ2n) is 5.04. The van der Waals surface area contributed by atoms with Gasteiger partial charge in [0.2, 0.25) is 5.91 Å². The quantitative estimate of drug-likeness (QED) is 0.651. The van der Waals surface area contributed by atoms with Gasteiger partial charge in [0, 0.05) is 11.1 Å². The number of nitrogens with one attached hydrogen (secondary N) is 1. The molecule has 0 unspecified atom stereocenters. The second-order valence-corrected chi connectivity index (χ2v) is 6.84. The summed E-state index contributed by atoms with van der Waals surface area (Å²) in [5, 5.41) is 5.55. The van der Waals surface area contributed by atoms with E-state index in [1.807, 2.05) is 60.0 Å². The molecule has 0 aliphatic heterocycles. The van der Waals surface area contributed by atoms with E-state index in [1.54, 1.807) is 0 Å². The van der Waals surface area contributed by atoms with Crippen molar-refractivity contribution in [2.24, 2.45) is 0 Å². The number of carbonyl (C=O) groups is 1. The van der Waals surface area contributed by atoms with Crippen LogP contribution in [0.3, 0.4) is 0 Å². The summed E-state index contributed by atoms with van der Waals surface area (Å²) in [5.74, 6) is 0.697. The van der Waals surface area contributed by atoms with Gasteiger partial charge in [-0.2, -0.15) is 0 Å². The van der Waals surface area contributed by atoms with Crippen molar-refractivity contribution in [2.75, 3.05) is 5.32 Å². The van der Waals surface area contributed by atoms with Crippen LogP contribution in [0.2, 0.25) is 0 Å². The average molecular weight is 403 g/mol. The number of para-hydroxylation sites is 2. The maximum atomic E-state index is 12.0. The first-order chi connectivity index (χ1) is 11.7. The Morgan fingerprint density at radius 2 is 1.88 bits per heavy atom. The molecule has 1 N–H and O–H groups in total. The van der Waals surface area contributed by atoms with Crippen molar-refractivity contribution in [3.8, 4) is 5.75 Å². The summed E-state index contributed by atoms with van der Waals surface area (Å²) >= 11 is 4.91. The van der Waals surface area contributed by atoms with E-state index in [4.69, 9.17) is 4.74 Å². The van der Waals surface area contributed by atoms with Crippen LogP contribution in [0.4, 0.5) is 5.69 Å². The van der Waals surface area contributed by atoms with E-state index in [2.05, 4.69) is 26.2 Å². The van der Waals surface area contributed by atoms with Crippen molar-refractivity contribution in [3.05, 3.63) is 75.2 Å². The van der Waals surface area contributed by atoms with Gasteiger partial charge >= 0.3 is 0 Å². The third-order valence-electron chi connectivity index (χ3n) is 3.18. The van der Waals surface area contributed by atoms with Crippen LogP contribution in [0.15, 0.2) is 64.5 Å². The lowest BCUT2D eigenvalue weighted by Crippen LogP contribution is -2.14. The molecule has 0 saturated carbocycles. The number of hydrogen-bond donors (Lipinski definition) is 1. The number of rotatable bonds is 6. The van der Waals surface area contributed by atoms with Crippen LogP contribution < -0.4 is 10.1 Å². The van der Waals surface area contributed by atoms with Gasteiger partial charge in [0.05, 0.1) is 16.6 Å². The molecule has 1 amide bonds. The first-order valence-corrected chi connectivity index (χ1v) is 9.03. The minimum Gasteiger partial charge on any atom is -0.486 e. The van der Waals surface area contributed by atoms with E-state index in [9.17, 15) is 4.79 Å². The maximum Gasteiger partial charge on any atom is 0.231 e. The van der Waals surface area contributed by atoms with Crippen LogP contribution in [-0.2, 0) is 17.8 Å². The van der Waals surface area contributed by atoms with Gasteiger partial charge in [-0.1, -0.05) is 30.3 Å². The van der Waals surface area contributed by atoms with Crippen molar-refractivity contribution in [3.63, 3.8) is 0 Å². The smallest absolute Gasteiger partial charge is 0.231 e. The van der Waals surface area contributed by atoms with E-state index < -0.39 is 0 Å². The molecule has 0 saturated heterocycles. The molecule has 0 atom stereocenters. The van der Waals surface area contributed by atoms with Crippen molar-refractivity contribution in [1.82, 2.24) is 4.98 Å². The first-order valence-electron chi connectivity index (χ1n) is 7.36. The third kappa shape index (κ3) is 4.66. The monoisotopic (exact) mass is 402 g/mol. The Labute approximate surface area is 152 Å². The average Bonchev–Trinajstić information content (AvgIpc) is 3.02. The minimum atomic E-state index is -0.0752. The molecule has 3 aromatic rings. The lowest BCUT2D eigenvalue weighted by atomic mass is 10.3. The van der Waals surface area contributed by atoms with E-state index in [0.29, 0.717) is 6.61 Å². The predicted molar refractivity (Wildman–Crippen MR) is 99.4 cm³/mol. The third-order valence-corrected chi connectivity index (χ3v) is 4.73. The highest BCUT2D eigenvalue weighted by Crippen LogP contribution is 2.25. The van der Waals surface area contributed by atoms with Crippen LogP contribution in [0, 0.1) is 0 Å². The molecule has 0 bridgehead atoms. The fourth-order valence-electron chi connectivity index (χ4n) is 2.07. The highest BCUT2D eigenvalue weighted by atomic mass is 79.9. The van der Waals surface area contributed by atoms with Gasteiger partial charge < -0.3 is 10.1 Å². The zero-order chi connectivity index (χ0) is 16.8. The van der Waals surface area contributed by atoms with Gasteiger partial charge in [-0.15, -0.1) is 11.3 Å². The molecular weight excluding hydrogens is 388 g/mol. The molecule has 122 valence electrons. The number of aromatic nitrogens is 1. The minimum absolute atomic E-state index is 0.0752. The topological polar surface area (TPSA) is 51.2 Å². The molecule has 1 aromatic heterocycles.